The molecule has 1 aromatic rings. The molecule has 1 aliphatic carbocycles. The quantitative estimate of drug-likeness (QED) is 0.746. The van der Waals surface area contributed by atoms with Crippen LogP contribution in [0.4, 0.5) is 5.82 Å². The number of hydrogen-bond acceptors (Lipinski definition) is 4. The van der Waals surface area contributed by atoms with E-state index in [9.17, 15) is 4.79 Å². The van der Waals surface area contributed by atoms with Crippen LogP contribution >= 0.6 is 0 Å². The lowest BCUT2D eigenvalue weighted by Gasteiger charge is -2.05. The van der Waals surface area contributed by atoms with Crippen molar-refractivity contribution in [3.05, 3.63) is 17.8 Å². The van der Waals surface area contributed by atoms with Gasteiger partial charge in [0.2, 0.25) is 0 Å². The van der Waals surface area contributed by atoms with E-state index in [-0.39, 0.29) is 17.6 Å². The zero-order chi connectivity index (χ0) is 10.1. The molecule has 0 unspecified atom stereocenters. The predicted molar refractivity (Wildman–Crippen MR) is 49.3 cm³/mol. The van der Waals surface area contributed by atoms with Gasteiger partial charge < -0.3 is 15.6 Å². The van der Waals surface area contributed by atoms with Crippen LogP contribution in [0, 0.1) is 0 Å². The summed E-state index contributed by atoms with van der Waals surface area (Å²) >= 11 is 0. The van der Waals surface area contributed by atoms with Gasteiger partial charge in [0.1, 0.15) is 11.6 Å². The highest BCUT2D eigenvalue weighted by atomic mass is 16.5. The van der Waals surface area contributed by atoms with E-state index in [1.165, 1.54) is 12.1 Å². The molecule has 5 heteroatoms. The molecule has 0 aromatic carbocycles. The molecule has 1 saturated carbocycles. The molecule has 2 rings (SSSR count). The SMILES string of the molecule is Nc1cc(OC2CC2)cc(C(=O)O)n1. The van der Waals surface area contributed by atoms with E-state index in [0.717, 1.165) is 12.8 Å². The van der Waals surface area contributed by atoms with Crippen molar-refractivity contribution >= 4 is 11.8 Å². The number of rotatable bonds is 3. The van der Waals surface area contributed by atoms with Crippen LogP contribution < -0.4 is 10.5 Å². The standard InChI is InChI=1S/C9H10N2O3/c10-8-4-6(14-5-1-2-5)3-7(11-8)9(12)13/h3-5H,1-2H2,(H2,10,11)(H,12,13). The van der Waals surface area contributed by atoms with Crippen LogP contribution in [-0.4, -0.2) is 22.2 Å². The van der Waals surface area contributed by atoms with Crippen LogP contribution in [-0.2, 0) is 0 Å². The summed E-state index contributed by atoms with van der Waals surface area (Å²) in [7, 11) is 0. The van der Waals surface area contributed by atoms with Crippen molar-refractivity contribution in [1.29, 1.82) is 0 Å². The van der Waals surface area contributed by atoms with Gasteiger partial charge in [-0.2, -0.15) is 0 Å². The molecule has 5 nitrogen and oxygen atoms in total. The second kappa shape index (κ2) is 3.17. The maximum atomic E-state index is 10.6. The normalized spacial score (nSPS) is 15.1. The molecule has 14 heavy (non-hydrogen) atoms. The summed E-state index contributed by atoms with van der Waals surface area (Å²) in [6, 6.07) is 2.92. The smallest absolute Gasteiger partial charge is 0.354 e. The third-order valence-electron chi connectivity index (χ3n) is 1.86. The van der Waals surface area contributed by atoms with E-state index in [0.29, 0.717) is 5.75 Å². The Morgan fingerprint density at radius 3 is 2.86 bits per heavy atom. The van der Waals surface area contributed by atoms with E-state index < -0.39 is 5.97 Å². The third kappa shape index (κ3) is 1.93. The molecule has 0 saturated heterocycles. The van der Waals surface area contributed by atoms with Crippen molar-refractivity contribution in [3.63, 3.8) is 0 Å². The van der Waals surface area contributed by atoms with Crippen molar-refractivity contribution in [1.82, 2.24) is 4.98 Å². The van der Waals surface area contributed by atoms with Crippen molar-refractivity contribution in [2.75, 3.05) is 5.73 Å². The van der Waals surface area contributed by atoms with Gasteiger partial charge in [0.05, 0.1) is 6.10 Å². The molecule has 0 amide bonds. The maximum Gasteiger partial charge on any atom is 0.354 e. The van der Waals surface area contributed by atoms with Gasteiger partial charge in [0, 0.05) is 12.1 Å². The Labute approximate surface area is 80.5 Å². The molecule has 0 aliphatic heterocycles. The topological polar surface area (TPSA) is 85.4 Å². The van der Waals surface area contributed by atoms with E-state index in [1.807, 2.05) is 0 Å². The number of carbonyl (C=O) groups is 1. The first-order valence-corrected chi connectivity index (χ1v) is 4.32. The van der Waals surface area contributed by atoms with Crippen LogP contribution in [0.3, 0.4) is 0 Å². The molecule has 0 spiro atoms. The number of aromatic nitrogens is 1. The summed E-state index contributed by atoms with van der Waals surface area (Å²) in [5.74, 6) is -0.448. The minimum atomic E-state index is -1.10. The Morgan fingerprint density at radius 2 is 2.29 bits per heavy atom. The van der Waals surface area contributed by atoms with Crippen LogP contribution in [0.25, 0.3) is 0 Å². The minimum Gasteiger partial charge on any atom is -0.490 e. The number of nitrogen functional groups attached to an aromatic ring is 1. The van der Waals surface area contributed by atoms with Gasteiger partial charge in [-0.15, -0.1) is 0 Å². The number of nitrogens with zero attached hydrogens (tertiary/aromatic N) is 1. The number of ether oxygens (including phenoxy) is 1. The lowest BCUT2D eigenvalue weighted by molar-refractivity contribution is 0.0690. The highest BCUT2D eigenvalue weighted by molar-refractivity contribution is 5.86. The molecule has 0 atom stereocenters. The summed E-state index contributed by atoms with van der Waals surface area (Å²) < 4.78 is 5.41. The van der Waals surface area contributed by atoms with Crippen LogP contribution in [0.15, 0.2) is 12.1 Å². The molecule has 1 heterocycles. The summed E-state index contributed by atoms with van der Waals surface area (Å²) in [4.78, 5) is 14.3. The number of pyridine rings is 1. The molecular formula is C9H10N2O3. The highest BCUT2D eigenvalue weighted by Crippen LogP contribution is 2.27. The van der Waals surface area contributed by atoms with E-state index >= 15 is 0 Å². The van der Waals surface area contributed by atoms with Crippen LogP contribution in [0.1, 0.15) is 23.3 Å². The number of carboxylic acid groups (broad SMARTS) is 1. The Hall–Kier alpha value is -1.78. The molecular weight excluding hydrogens is 184 g/mol. The summed E-state index contributed by atoms with van der Waals surface area (Å²) in [5.41, 5.74) is 5.36. The second-order valence-electron chi connectivity index (χ2n) is 3.24. The van der Waals surface area contributed by atoms with Crippen LogP contribution in [0.5, 0.6) is 5.75 Å². The number of carboxylic acids is 1. The minimum absolute atomic E-state index is 0.0827. The first-order valence-electron chi connectivity index (χ1n) is 4.32. The summed E-state index contributed by atoms with van der Waals surface area (Å²) in [6.45, 7) is 0. The van der Waals surface area contributed by atoms with Gasteiger partial charge >= 0.3 is 5.97 Å². The Morgan fingerprint density at radius 1 is 1.57 bits per heavy atom. The van der Waals surface area contributed by atoms with Gasteiger partial charge in [-0.1, -0.05) is 0 Å². The van der Waals surface area contributed by atoms with Crippen LogP contribution in [0.2, 0.25) is 0 Å². The average Bonchev–Trinajstić information content (AvgIpc) is 2.87. The zero-order valence-electron chi connectivity index (χ0n) is 7.43. The zero-order valence-corrected chi connectivity index (χ0v) is 7.43. The lowest BCUT2D eigenvalue weighted by atomic mass is 10.3. The largest absolute Gasteiger partial charge is 0.490 e. The van der Waals surface area contributed by atoms with Crippen molar-refractivity contribution in [2.24, 2.45) is 0 Å². The Balaban J connectivity index is 2.25. The molecule has 1 fully saturated rings. The number of anilines is 1. The Bertz CT molecular complexity index is 374. The number of hydrogen-bond donors (Lipinski definition) is 2. The first kappa shape index (κ1) is 8.80. The number of nitrogens with two attached hydrogens (primary N) is 1. The lowest BCUT2D eigenvalue weighted by Crippen LogP contribution is -2.05. The van der Waals surface area contributed by atoms with Gasteiger partial charge in [0.25, 0.3) is 0 Å². The molecule has 1 aliphatic rings. The maximum absolute atomic E-state index is 10.6. The molecule has 0 radical (unpaired) electrons. The monoisotopic (exact) mass is 194 g/mol. The van der Waals surface area contributed by atoms with Crippen molar-refractivity contribution < 1.29 is 14.6 Å². The molecule has 74 valence electrons. The molecule has 1 aromatic heterocycles. The molecule has 0 bridgehead atoms. The van der Waals surface area contributed by atoms with E-state index in [1.54, 1.807) is 0 Å². The fourth-order valence-corrected chi connectivity index (χ4v) is 1.08. The molecule has 3 N–H and O–H groups in total. The van der Waals surface area contributed by atoms with Gasteiger partial charge in [-0.05, 0) is 12.8 Å². The summed E-state index contributed by atoms with van der Waals surface area (Å²) in [6.07, 6.45) is 2.26. The highest BCUT2D eigenvalue weighted by Gasteiger charge is 2.24. The fourth-order valence-electron chi connectivity index (χ4n) is 1.08. The predicted octanol–water partition coefficient (Wildman–Crippen LogP) is 0.903. The van der Waals surface area contributed by atoms with Crippen molar-refractivity contribution in [3.8, 4) is 5.75 Å². The Kier molecular flexibility index (Phi) is 1.99. The summed E-state index contributed by atoms with van der Waals surface area (Å²) in [5, 5.41) is 8.71. The third-order valence-corrected chi connectivity index (χ3v) is 1.86. The van der Waals surface area contributed by atoms with E-state index in [2.05, 4.69) is 4.98 Å². The van der Waals surface area contributed by atoms with Gasteiger partial charge in [-0.3, -0.25) is 0 Å². The van der Waals surface area contributed by atoms with Gasteiger partial charge in [-0.25, -0.2) is 9.78 Å². The average molecular weight is 194 g/mol. The first-order chi connectivity index (χ1) is 6.65. The van der Waals surface area contributed by atoms with Crippen molar-refractivity contribution in [2.45, 2.75) is 18.9 Å². The fraction of sp³-hybridized carbons (Fsp3) is 0.333. The van der Waals surface area contributed by atoms with Gasteiger partial charge in [0.15, 0.2) is 5.69 Å². The number of aromatic carboxylic acids is 1. The second-order valence-corrected chi connectivity index (χ2v) is 3.24. The van der Waals surface area contributed by atoms with E-state index in [4.69, 9.17) is 15.6 Å².